The molecule has 2 heterocycles. The zero-order chi connectivity index (χ0) is 18.3. The molecule has 2 aromatic rings. The Bertz CT molecular complexity index is 939. The van der Waals surface area contributed by atoms with Gasteiger partial charge in [-0.15, -0.1) is 0 Å². The molecule has 0 aromatic heterocycles. The van der Waals surface area contributed by atoms with E-state index in [9.17, 15) is 9.59 Å². The number of carbonyl (C=O) groups excluding carboxylic acids is 2. The van der Waals surface area contributed by atoms with Crippen LogP contribution in [-0.2, 0) is 11.3 Å². The third-order valence-electron chi connectivity index (χ3n) is 4.11. The fraction of sp³-hybridized carbons (Fsp3) is 0.158. The van der Waals surface area contributed by atoms with E-state index in [-0.39, 0.29) is 24.5 Å². The lowest BCUT2D eigenvalue weighted by Crippen LogP contribution is -2.27. The molecule has 0 bridgehead atoms. The van der Waals surface area contributed by atoms with E-state index < -0.39 is 0 Å². The van der Waals surface area contributed by atoms with Crippen LogP contribution >= 0.6 is 27.7 Å². The highest BCUT2D eigenvalue weighted by Crippen LogP contribution is 2.40. The highest BCUT2D eigenvalue weighted by atomic mass is 79.9. The number of ether oxygens (including phenoxy) is 2. The minimum Gasteiger partial charge on any atom is -0.454 e. The first-order chi connectivity index (χ1) is 12.5. The topological polar surface area (TPSA) is 55.8 Å². The highest BCUT2D eigenvalue weighted by Gasteiger charge is 2.35. The Balaban J connectivity index is 1.59. The van der Waals surface area contributed by atoms with E-state index in [1.165, 1.54) is 4.90 Å². The van der Waals surface area contributed by atoms with Gasteiger partial charge in [0.1, 0.15) is 0 Å². The van der Waals surface area contributed by atoms with Crippen molar-refractivity contribution in [3.05, 3.63) is 62.5 Å². The van der Waals surface area contributed by atoms with Crippen LogP contribution in [0.2, 0.25) is 0 Å². The molecule has 0 saturated carbocycles. The zero-order valence-electron chi connectivity index (χ0n) is 13.8. The molecule has 0 N–H and O–H groups in total. The molecule has 2 aliphatic rings. The smallest absolute Gasteiger partial charge is 0.293 e. The fourth-order valence-electron chi connectivity index (χ4n) is 2.70. The van der Waals surface area contributed by atoms with E-state index >= 15 is 0 Å². The minimum absolute atomic E-state index is 0.179. The molecule has 4 rings (SSSR count). The summed E-state index contributed by atoms with van der Waals surface area (Å²) in [5.41, 5.74) is 2.81. The van der Waals surface area contributed by atoms with Gasteiger partial charge in [-0.1, -0.05) is 45.8 Å². The molecule has 0 radical (unpaired) electrons. The molecule has 5 nitrogen and oxygen atoms in total. The average molecular weight is 432 g/mol. The van der Waals surface area contributed by atoms with Gasteiger partial charge in [-0.2, -0.15) is 0 Å². The number of hydrogen-bond acceptors (Lipinski definition) is 5. The van der Waals surface area contributed by atoms with Crippen LogP contribution in [0.15, 0.2) is 45.8 Å². The third-order valence-corrected chi connectivity index (χ3v) is 5.71. The van der Waals surface area contributed by atoms with E-state index in [0.717, 1.165) is 32.9 Å². The van der Waals surface area contributed by atoms with Crippen LogP contribution in [0.3, 0.4) is 0 Å². The Morgan fingerprint density at radius 2 is 1.85 bits per heavy atom. The SMILES string of the molecule is Cc1ccc(CN2C(=O)S/C(=C\c3cc4c(cc3Br)OCO4)C2=O)cc1. The number of thioether (sulfide) groups is 1. The average Bonchev–Trinajstić information content (AvgIpc) is 3.16. The van der Waals surface area contributed by atoms with Gasteiger partial charge in [-0.25, -0.2) is 0 Å². The predicted octanol–water partition coefficient (Wildman–Crippen LogP) is 4.72. The van der Waals surface area contributed by atoms with Crippen molar-refractivity contribution in [1.82, 2.24) is 4.90 Å². The summed E-state index contributed by atoms with van der Waals surface area (Å²) in [6.45, 7) is 2.44. The molecule has 132 valence electrons. The number of halogens is 1. The Hall–Kier alpha value is -2.25. The van der Waals surface area contributed by atoms with Crippen molar-refractivity contribution in [2.45, 2.75) is 13.5 Å². The molecule has 0 unspecified atom stereocenters. The lowest BCUT2D eigenvalue weighted by Gasteiger charge is -2.12. The summed E-state index contributed by atoms with van der Waals surface area (Å²) < 4.78 is 11.5. The van der Waals surface area contributed by atoms with Crippen LogP contribution in [0.25, 0.3) is 6.08 Å². The van der Waals surface area contributed by atoms with Crippen LogP contribution in [0.1, 0.15) is 16.7 Å². The number of amides is 2. The Labute approximate surface area is 163 Å². The molecule has 2 amide bonds. The van der Waals surface area contributed by atoms with Crippen molar-refractivity contribution >= 4 is 44.9 Å². The summed E-state index contributed by atoms with van der Waals surface area (Å²) in [4.78, 5) is 26.6. The second-order valence-corrected chi connectivity index (χ2v) is 7.83. The maximum atomic E-state index is 12.7. The summed E-state index contributed by atoms with van der Waals surface area (Å²) >= 11 is 4.42. The van der Waals surface area contributed by atoms with E-state index in [1.54, 1.807) is 18.2 Å². The van der Waals surface area contributed by atoms with Gasteiger partial charge in [0.25, 0.3) is 11.1 Å². The van der Waals surface area contributed by atoms with Crippen LogP contribution < -0.4 is 9.47 Å². The normalized spacial score (nSPS) is 17.5. The largest absolute Gasteiger partial charge is 0.454 e. The van der Waals surface area contributed by atoms with Gasteiger partial charge in [0.15, 0.2) is 11.5 Å². The minimum atomic E-state index is -0.287. The maximum absolute atomic E-state index is 12.7. The number of hydrogen-bond donors (Lipinski definition) is 0. The first kappa shape index (κ1) is 17.2. The van der Waals surface area contributed by atoms with Crippen molar-refractivity contribution in [3.63, 3.8) is 0 Å². The zero-order valence-corrected chi connectivity index (χ0v) is 16.2. The van der Waals surface area contributed by atoms with Gasteiger partial charge in [-0.3, -0.25) is 14.5 Å². The number of imide groups is 1. The van der Waals surface area contributed by atoms with Gasteiger partial charge in [0.2, 0.25) is 6.79 Å². The number of fused-ring (bicyclic) bond motifs is 1. The molecule has 1 fully saturated rings. The van der Waals surface area contributed by atoms with Crippen molar-refractivity contribution < 1.29 is 19.1 Å². The predicted molar refractivity (Wildman–Crippen MR) is 103 cm³/mol. The lowest BCUT2D eigenvalue weighted by molar-refractivity contribution is -0.123. The monoisotopic (exact) mass is 431 g/mol. The molecule has 2 aromatic carbocycles. The summed E-state index contributed by atoms with van der Waals surface area (Å²) in [5.74, 6) is 0.991. The lowest BCUT2D eigenvalue weighted by atomic mass is 10.1. The van der Waals surface area contributed by atoms with Crippen LogP contribution in [0, 0.1) is 6.92 Å². The second-order valence-electron chi connectivity index (χ2n) is 5.98. The molecule has 0 spiro atoms. The Morgan fingerprint density at radius 1 is 1.15 bits per heavy atom. The maximum Gasteiger partial charge on any atom is 0.293 e. The fourth-order valence-corrected chi connectivity index (χ4v) is 3.96. The Kier molecular flexibility index (Phi) is 4.50. The standard InChI is InChI=1S/C19H14BrNO4S/c1-11-2-4-12(5-3-11)9-21-18(22)17(26-19(21)23)7-13-6-15-16(8-14(13)20)25-10-24-15/h2-8H,9-10H2,1H3/b17-7-. The molecule has 2 aliphatic heterocycles. The second kappa shape index (κ2) is 6.81. The van der Waals surface area contributed by atoms with Crippen molar-refractivity contribution in [1.29, 1.82) is 0 Å². The molecule has 0 aliphatic carbocycles. The molecule has 1 saturated heterocycles. The van der Waals surface area contributed by atoms with Gasteiger partial charge in [0.05, 0.1) is 11.4 Å². The summed E-state index contributed by atoms with van der Waals surface area (Å²) in [7, 11) is 0. The Morgan fingerprint density at radius 3 is 2.58 bits per heavy atom. The quantitative estimate of drug-likeness (QED) is 0.657. The summed E-state index contributed by atoms with van der Waals surface area (Å²) in [5, 5.41) is -0.265. The molecular formula is C19H14BrNO4S. The number of carbonyl (C=O) groups is 2. The number of benzene rings is 2. The first-order valence-electron chi connectivity index (χ1n) is 7.91. The van der Waals surface area contributed by atoms with E-state index in [4.69, 9.17) is 9.47 Å². The van der Waals surface area contributed by atoms with Gasteiger partial charge in [0, 0.05) is 4.47 Å². The van der Waals surface area contributed by atoms with Crippen LogP contribution in [0.4, 0.5) is 4.79 Å². The third kappa shape index (κ3) is 3.24. The molecule has 7 heteroatoms. The number of aryl methyl sites for hydroxylation is 1. The van der Waals surface area contributed by atoms with Gasteiger partial charge in [-0.05, 0) is 48.0 Å². The van der Waals surface area contributed by atoms with Crippen molar-refractivity contribution in [2.75, 3.05) is 6.79 Å². The summed E-state index contributed by atoms with van der Waals surface area (Å²) in [6.07, 6.45) is 1.70. The van der Waals surface area contributed by atoms with E-state index in [0.29, 0.717) is 16.4 Å². The van der Waals surface area contributed by atoms with E-state index in [1.807, 2.05) is 31.2 Å². The van der Waals surface area contributed by atoms with Crippen molar-refractivity contribution in [2.24, 2.45) is 0 Å². The van der Waals surface area contributed by atoms with Gasteiger partial charge < -0.3 is 9.47 Å². The highest BCUT2D eigenvalue weighted by molar-refractivity contribution is 9.10. The first-order valence-corrected chi connectivity index (χ1v) is 9.52. The number of rotatable bonds is 3. The number of nitrogens with zero attached hydrogens (tertiary/aromatic N) is 1. The molecular weight excluding hydrogens is 418 g/mol. The molecule has 26 heavy (non-hydrogen) atoms. The van der Waals surface area contributed by atoms with Gasteiger partial charge >= 0.3 is 0 Å². The molecule has 0 atom stereocenters. The summed E-state index contributed by atoms with van der Waals surface area (Å²) in [6, 6.07) is 11.4. The van der Waals surface area contributed by atoms with Crippen LogP contribution in [-0.4, -0.2) is 22.8 Å². The van der Waals surface area contributed by atoms with Crippen molar-refractivity contribution in [3.8, 4) is 11.5 Å². The van der Waals surface area contributed by atoms with E-state index in [2.05, 4.69) is 15.9 Å². The van der Waals surface area contributed by atoms with Crippen LogP contribution in [0.5, 0.6) is 11.5 Å².